The number of pyridine rings is 1. The van der Waals surface area contributed by atoms with E-state index < -0.39 is 0 Å². The number of phenols is 1. The summed E-state index contributed by atoms with van der Waals surface area (Å²) in [4.78, 5) is 14.0. The van der Waals surface area contributed by atoms with Crippen LogP contribution in [0.2, 0.25) is 0 Å². The minimum Gasteiger partial charge on any atom is -0.506 e. The fourth-order valence-electron chi connectivity index (χ4n) is 2.15. The zero-order valence-electron chi connectivity index (χ0n) is 11.5. The van der Waals surface area contributed by atoms with Crippen LogP contribution in [0.3, 0.4) is 0 Å². The molecule has 2 aromatic rings. The molecule has 0 aliphatic heterocycles. The van der Waals surface area contributed by atoms with E-state index in [1.54, 1.807) is 12.1 Å². The van der Waals surface area contributed by atoms with Gasteiger partial charge in [-0.3, -0.25) is 4.79 Å². The predicted molar refractivity (Wildman–Crippen MR) is 79.1 cm³/mol. The van der Waals surface area contributed by atoms with Crippen LogP contribution in [0.5, 0.6) is 5.75 Å². The first-order valence-electron chi connectivity index (χ1n) is 6.84. The second-order valence-electron chi connectivity index (χ2n) is 4.87. The summed E-state index contributed by atoms with van der Waals surface area (Å²) in [5.41, 5.74) is 1.30. The standard InChI is InChI=1S/C15H20N2O3/c1-2-11(18)9-16-8-7-10-3-5-13(19)15-12(10)4-6-14(20)17-15/h3-6,11,16,18-19H,2,7-9H2,1H3,(H,17,20). The molecule has 1 aromatic heterocycles. The number of aromatic amines is 1. The van der Waals surface area contributed by atoms with Crippen molar-refractivity contribution in [2.75, 3.05) is 13.1 Å². The highest BCUT2D eigenvalue weighted by atomic mass is 16.3. The number of H-pyrrole nitrogens is 1. The first-order valence-corrected chi connectivity index (χ1v) is 6.84. The van der Waals surface area contributed by atoms with Crippen LogP contribution in [0.15, 0.2) is 29.1 Å². The number of hydrogen-bond acceptors (Lipinski definition) is 4. The van der Waals surface area contributed by atoms with Crippen molar-refractivity contribution in [1.29, 1.82) is 0 Å². The third-order valence-corrected chi connectivity index (χ3v) is 3.39. The summed E-state index contributed by atoms with van der Waals surface area (Å²) < 4.78 is 0. The predicted octanol–water partition coefficient (Wildman–Crippen LogP) is 1.14. The van der Waals surface area contributed by atoms with Crippen molar-refractivity contribution < 1.29 is 10.2 Å². The Morgan fingerprint density at radius 3 is 2.85 bits per heavy atom. The van der Waals surface area contributed by atoms with Gasteiger partial charge < -0.3 is 20.5 Å². The average molecular weight is 276 g/mol. The maximum Gasteiger partial charge on any atom is 0.248 e. The van der Waals surface area contributed by atoms with Crippen molar-refractivity contribution in [3.8, 4) is 5.75 Å². The zero-order chi connectivity index (χ0) is 14.5. The first-order chi connectivity index (χ1) is 9.61. The van der Waals surface area contributed by atoms with Crippen LogP contribution in [0, 0.1) is 0 Å². The molecule has 1 unspecified atom stereocenters. The molecule has 20 heavy (non-hydrogen) atoms. The van der Waals surface area contributed by atoms with Gasteiger partial charge in [0.1, 0.15) is 5.75 Å². The Morgan fingerprint density at radius 2 is 2.10 bits per heavy atom. The number of nitrogens with one attached hydrogen (secondary N) is 2. The van der Waals surface area contributed by atoms with Gasteiger partial charge in [0, 0.05) is 18.0 Å². The molecular weight excluding hydrogens is 256 g/mol. The van der Waals surface area contributed by atoms with Crippen molar-refractivity contribution in [2.45, 2.75) is 25.9 Å². The quantitative estimate of drug-likeness (QED) is 0.596. The molecule has 0 amide bonds. The van der Waals surface area contributed by atoms with E-state index >= 15 is 0 Å². The van der Waals surface area contributed by atoms with E-state index in [0.717, 1.165) is 30.3 Å². The van der Waals surface area contributed by atoms with Crippen molar-refractivity contribution in [3.63, 3.8) is 0 Å². The second-order valence-corrected chi connectivity index (χ2v) is 4.87. The van der Waals surface area contributed by atoms with Gasteiger partial charge in [-0.2, -0.15) is 0 Å². The highest BCUT2D eigenvalue weighted by Crippen LogP contribution is 2.24. The molecule has 0 spiro atoms. The van der Waals surface area contributed by atoms with Gasteiger partial charge in [-0.1, -0.05) is 13.0 Å². The summed E-state index contributed by atoms with van der Waals surface area (Å²) in [5, 5.41) is 23.3. The number of benzene rings is 1. The van der Waals surface area contributed by atoms with E-state index in [9.17, 15) is 15.0 Å². The molecule has 0 aliphatic rings. The van der Waals surface area contributed by atoms with Gasteiger partial charge in [-0.15, -0.1) is 0 Å². The maximum absolute atomic E-state index is 11.3. The van der Waals surface area contributed by atoms with Crippen LogP contribution in [0.1, 0.15) is 18.9 Å². The van der Waals surface area contributed by atoms with Crippen LogP contribution in [0.4, 0.5) is 0 Å². The lowest BCUT2D eigenvalue weighted by Crippen LogP contribution is -2.27. The largest absolute Gasteiger partial charge is 0.506 e. The summed E-state index contributed by atoms with van der Waals surface area (Å²) in [6.45, 7) is 3.25. The summed E-state index contributed by atoms with van der Waals surface area (Å²) in [7, 11) is 0. The molecule has 1 aromatic carbocycles. The van der Waals surface area contributed by atoms with Crippen LogP contribution >= 0.6 is 0 Å². The lowest BCUT2D eigenvalue weighted by Gasteiger charge is -2.11. The molecule has 0 radical (unpaired) electrons. The molecule has 4 N–H and O–H groups in total. The second kappa shape index (κ2) is 6.54. The minimum atomic E-state index is -0.317. The molecular formula is C15H20N2O3. The minimum absolute atomic E-state index is 0.0795. The highest BCUT2D eigenvalue weighted by Gasteiger charge is 2.06. The molecule has 1 atom stereocenters. The average Bonchev–Trinajstić information content (AvgIpc) is 2.45. The Morgan fingerprint density at radius 1 is 1.30 bits per heavy atom. The number of phenolic OH excluding ortho intramolecular Hbond substituents is 1. The molecule has 0 aliphatic carbocycles. The topological polar surface area (TPSA) is 85.3 Å². The number of aliphatic hydroxyl groups is 1. The Bertz CT molecular complexity index is 637. The summed E-state index contributed by atoms with van der Waals surface area (Å²) in [5.74, 6) is 0.0795. The third kappa shape index (κ3) is 3.37. The highest BCUT2D eigenvalue weighted by molar-refractivity contribution is 5.87. The van der Waals surface area contributed by atoms with E-state index in [1.165, 1.54) is 6.07 Å². The number of fused-ring (bicyclic) bond motifs is 1. The van der Waals surface area contributed by atoms with Gasteiger partial charge in [0.15, 0.2) is 0 Å². The Hall–Kier alpha value is -1.85. The van der Waals surface area contributed by atoms with E-state index in [-0.39, 0.29) is 17.4 Å². The lowest BCUT2D eigenvalue weighted by atomic mass is 10.0. The van der Waals surface area contributed by atoms with Gasteiger partial charge in [0.25, 0.3) is 0 Å². The number of aromatic nitrogens is 1. The summed E-state index contributed by atoms with van der Waals surface area (Å²) in [6, 6.07) is 6.63. The molecule has 2 rings (SSSR count). The monoisotopic (exact) mass is 276 g/mol. The van der Waals surface area contributed by atoms with Crippen LogP contribution in [-0.4, -0.2) is 34.4 Å². The van der Waals surface area contributed by atoms with Crippen LogP contribution in [0.25, 0.3) is 10.9 Å². The molecule has 0 fully saturated rings. The zero-order valence-corrected chi connectivity index (χ0v) is 11.5. The van der Waals surface area contributed by atoms with Crippen molar-refractivity contribution in [1.82, 2.24) is 10.3 Å². The van der Waals surface area contributed by atoms with E-state index in [0.29, 0.717) is 12.1 Å². The van der Waals surface area contributed by atoms with Gasteiger partial charge in [0.05, 0.1) is 11.6 Å². The van der Waals surface area contributed by atoms with Gasteiger partial charge in [0.2, 0.25) is 5.56 Å². The van der Waals surface area contributed by atoms with Crippen molar-refractivity contribution in [3.05, 3.63) is 40.2 Å². The summed E-state index contributed by atoms with van der Waals surface area (Å²) >= 11 is 0. The van der Waals surface area contributed by atoms with Crippen molar-refractivity contribution in [2.24, 2.45) is 0 Å². The molecule has 0 bridgehead atoms. The molecule has 108 valence electrons. The number of aromatic hydroxyl groups is 1. The van der Waals surface area contributed by atoms with E-state index in [2.05, 4.69) is 10.3 Å². The van der Waals surface area contributed by atoms with Crippen LogP contribution < -0.4 is 10.9 Å². The Balaban J connectivity index is 2.11. The number of hydrogen-bond donors (Lipinski definition) is 4. The van der Waals surface area contributed by atoms with Gasteiger partial charge >= 0.3 is 0 Å². The molecule has 0 saturated carbocycles. The van der Waals surface area contributed by atoms with Gasteiger partial charge in [-0.05, 0) is 37.1 Å². The fraction of sp³-hybridized carbons (Fsp3) is 0.400. The van der Waals surface area contributed by atoms with E-state index in [1.807, 2.05) is 13.0 Å². The lowest BCUT2D eigenvalue weighted by molar-refractivity contribution is 0.168. The van der Waals surface area contributed by atoms with Gasteiger partial charge in [-0.25, -0.2) is 0 Å². The SMILES string of the molecule is CCC(O)CNCCc1ccc(O)c2[nH]c(=O)ccc12. The number of aliphatic hydroxyl groups excluding tert-OH is 1. The van der Waals surface area contributed by atoms with Crippen LogP contribution in [-0.2, 0) is 6.42 Å². The Labute approximate surface area is 117 Å². The summed E-state index contributed by atoms with van der Waals surface area (Å²) in [6.07, 6.45) is 1.18. The molecule has 1 heterocycles. The molecule has 5 heteroatoms. The maximum atomic E-state index is 11.3. The van der Waals surface area contributed by atoms with Crippen molar-refractivity contribution >= 4 is 10.9 Å². The molecule has 5 nitrogen and oxygen atoms in total. The normalized spacial score (nSPS) is 12.7. The third-order valence-electron chi connectivity index (χ3n) is 3.39. The molecule has 0 saturated heterocycles. The first kappa shape index (κ1) is 14.6. The van der Waals surface area contributed by atoms with E-state index in [4.69, 9.17) is 0 Å². The number of rotatable bonds is 6. The fourth-order valence-corrected chi connectivity index (χ4v) is 2.15. The Kier molecular flexibility index (Phi) is 4.76. The smallest absolute Gasteiger partial charge is 0.248 e.